The van der Waals surface area contributed by atoms with E-state index in [2.05, 4.69) is 4.90 Å². The molecule has 3 rings (SSSR count). The van der Waals surface area contributed by atoms with Crippen molar-refractivity contribution in [3.63, 3.8) is 0 Å². The van der Waals surface area contributed by atoms with Crippen LogP contribution in [0.1, 0.15) is 17.5 Å². The Morgan fingerprint density at radius 3 is 2.45 bits per heavy atom. The van der Waals surface area contributed by atoms with Crippen LogP contribution in [0, 0.1) is 0 Å². The highest BCUT2D eigenvalue weighted by Crippen LogP contribution is 2.23. The molecule has 8 heteroatoms. The molecule has 1 aliphatic rings. The Morgan fingerprint density at radius 2 is 1.76 bits per heavy atom. The van der Waals surface area contributed by atoms with Gasteiger partial charge in [0.2, 0.25) is 0 Å². The van der Waals surface area contributed by atoms with Crippen LogP contribution in [0.2, 0.25) is 10.0 Å². The Hall–Kier alpha value is -1.44. The van der Waals surface area contributed by atoms with E-state index in [1.165, 1.54) is 5.56 Å². The maximum absolute atomic E-state index is 12.9. The number of nitrogens with zero attached hydrogens (tertiary/aromatic N) is 2. The van der Waals surface area contributed by atoms with Crippen molar-refractivity contribution in [2.45, 2.75) is 24.2 Å². The van der Waals surface area contributed by atoms with Crippen LogP contribution in [-0.4, -0.2) is 57.2 Å². The molecule has 1 fully saturated rings. The summed E-state index contributed by atoms with van der Waals surface area (Å²) < 4.78 is 14.8. The fraction of sp³-hybridized carbons (Fsp3) is 0.381. The number of carbonyl (C=O) groups is 1. The monoisotopic (exact) mass is 454 g/mol. The van der Waals surface area contributed by atoms with Gasteiger partial charge in [-0.2, -0.15) is 0 Å². The van der Waals surface area contributed by atoms with Crippen LogP contribution < -0.4 is 0 Å². The average molecular weight is 455 g/mol. The van der Waals surface area contributed by atoms with E-state index in [1.807, 2.05) is 22.5 Å². The molecule has 0 amide bonds. The van der Waals surface area contributed by atoms with Gasteiger partial charge in [0.25, 0.3) is 0 Å². The summed E-state index contributed by atoms with van der Waals surface area (Å²) in [6.07, 6.45) is 1.91. The van der Waals surface area contributed by atoms with E-state index in [-0.39, 0.29) is 6.42 Å². The van der Waals surface area contributed by atoms with E-state index in [1.54, 1.807) is 24.3 Å². The molecule has 1 heterocycles. The van der Waals surface area contributed by atoms with Gasteiger partial charge >= 0.3 is 5.97 Å². The van der Waals surface area contributed by atoms with Gasteiger partial charge in [0.15, 0.2) is 0 Å². The largest absolute Gasteiger partial charge is 0.481 e. The summed E-state index contributed by atoms with van der Waals surface area (Å²) in [5.41, 5.74) is 1.85. The van der Waals surface area contributed by atoms with E-state index < -0.39 is 17.0 Å². The van der Waals surface area contributed by atoms with Crippen LogP contribution in [-0.2, 0) is 28.6 Å². The van der Waals surface area contributed by atoms with Crippen molar-refractivity contribution in [1.82, 2.24) is 9.21 Å². The minimum atomic E-state index is -1.26. The number of benzene rings is 2. The predicted octanol–water partition coefficient (Wildman–Crippen LogP) is 3.89. The van der Waals surface area contributed by atoms with Crippen molar-refractivity contribution < 1.29 is 14.1 Å². The molecule has 1 atom stereocenters. The molecular weight excluding hydrogens is 431 g/mol. The summed E-state index contributed by atoms with van der Waals surface area (Å²) in [6.45, 7) is 4.16. The molecule has 1 aliphatic heterocycles. The van der Waals surface area contributed by atoms with Crippen molar-refractivity contribution in [2.75, 3.05) is 32.7 Å². The van der Waals surface area contributed by atoms with Crippen molar-refractivity contribution in [1.29, 1.82) is 0 Å². The Morgan fingerprint density at radius 1 is 1.00 bits per heavy atom. The molecule has 1 unspecified atom stereocenters. The lowest BCUT2D eigenvalue weighted by atomic mass is 10.1. The Bertz CT molecular complexity index is 886. The van der Waals surface area contributed by atoms with Crippen LogP contribution in [0.4, 0.5) is 0 Å². The zero-order valence-corrected chi connectivity index (χ0v) is 18.3. The fourth-order valence-corrected chi connectivity index (χ4v) is 4.97. The van der Waals surface area contributed by atoms with E-state index in [0.29, 0.717) is 20.5 Å². The van der Waals surface area contributed by atoms with Gasteiger partial charge in [0.05, 0.1) is 21.4 Å². The van der Waals surface area contributed by atoms with Gasteiger partial charge in [-0.25, -0.2) is 8.51 Å². The van der Waals surface area contributed by atoms with Crippen molar-refractivity contribution in [3.8, 4) is 0 Å². The fourth-order valence-electron chi connectivity index (χ4n) is 3.41. The highest BCUT2D eigenvalue weighted by Gasteiger charge is 2.22. The molecular formula is C21H24Cl2N2O3S. The summed E-state index contributed by atoms with van der Waals surface area (Å²) in [5.74, 6) is -0.887. The molecule has 2 aromatic carbocycles. The van der Waals surface area contributed by atoms with Crippen LogP contribution >= 0.6 is 23.2 Å². The molecule has 156 valence electrons. The zero-order valence-electron chi connectivity index (χ0n) is 16.0. The first-order valence-electron chi connectivity index (χ1n) is 9.56. The summed E-state index contributed by atoms with van der Waals surface area (Å²) >= 11 is 12.0. The number of aliphatic carboxylic acids is 1. The van der Waals surface area contributed by atoms with E-state index in [9.17, 15) is 9.00 Å². The number of hydrogen-bond acceptors (Lipinski definition) is 3. The van der Waals surface area contributed by atoms with E-state index in [4.69, 9.17) is 28.3 Å². The smallest absolute Gasteiger partial charge is 0.307 e. The highest BCUT2D eigenvalue weighted by atomic mass is 35.5. The van der Waals surface area contributed by atoms with Gasteiger partial charge in [-0.3, -0.25) is 4.79 Å². The van der Waals surface area contributed by atoms with Gasteiger partial charge in [-0.05, 0) is 54.8 Å². The van der Waals surface area contributed by atoms with Crippen molar-refractivity contribution >= 4 is 40.2 Å². The van der Waals surface area contributed by atoms with Gasteiger partial charge in [-0.1, -0.05) is 41.4 Å². The maximum Gasteiger partial charge on any atom is 0.307 e. The Labute approximate surface area is 183 Å². The molecule has 1 saturated heterocycles. The molecule has 0 saturated carbocycles. The summed E-state index contributed by atoms with van der Waals surface area (Å²) in [6, 6.07) is 12.8. The molecule has 0 bridgehead atoms. The number of carboxylic acids is 1. The lowest BCUT2D eigenvalue weighted by molar-refractivity contribution is -0.136. The van der Waals surface area contributed by atoms with Gasteiger partial charge in [-0.15, -0.1) is 0 Å². The minimum Gasteiger partial charge on any atom is -0.481 e. The lowest BCUT2D eigenvalue weighted by Gasteiger charge is -2.33. The minimum absolute atomic E-state index is 0.0579. The van der Waals surface area contributed by atoms with Crippen molar-refractivity contribution in [2.24, 2.45) is 0 Å². The topological polar surface area (TPSA) is 60.9 Å². The quantitative estimate of drug-likeness (QED) is 0.656. The average Bonchev–Trinajstić information content (AvgIpc) is 2.70. The molecule has 0 aromatic heterocycles. The number of piperazine rings is 1. The number of hydrogen-bond donors (Lipinski definition) is 1. The first-order chi connectivity index (χ1) is 13.9. The van der Waals surface area contributed by atoms with Gasteiger partial charge in [0.1, 0.15) is 11.0 Å². The number of halogens is 2. The number of aryl methyl sites for hydroxylation is 1. The second-order valence-corrected chi connectivity index (χ2v) is 9.39. The Balaban J connectivity index is 1.45. The summed E-state index contributed by atoms with van der Waals surface area (Å²) in [5, 5.41) is 10.1. The third kappa shape index (κ3) is 6.52. The second-order valence-electron chi connectivity index (χ2n) is 7.09. The first kappa shape index (κ1) is 22.2. The number of rotatable bonds is 8. The van der Waals surface area contributed by atoms with Crippen molar-refractivity contribution in [3.05, 3.63) is 63.6 Å². The van der Waals surface area contributed by atoms with E-state index in [0.717, 1.165) is 45.6 Å². The summed E-state index contributed by atoms with van der Waals surface area (Å²) in [4.78, 5) is 13.9. The SMILES string of the molecule is O=C(O)Cc1cccc(S(=O)N2CCN(CCCc3ccc(Cl)c(Cl)c3)CC2)c1. The maximum atomic E-state index is 12.9. The van der Waals surface area contributed by atoms with Crippen LogP contribution in [0.3, 0.4) is 0 Å². The number of carboxylic acid groups (broad SMARTS) is 1. The Kier molecular flexibility index (Phi) is 8.09. The standard InChI is InChI=1S/C21H24Cl2N2O3S/c22-19-7-6-16(14-20(19)23)4-2-8-24-9-11-25(12-10-24)29(28)18-5-1-3-17(13-18)15-21(26)27/h1,3,5-7,13-14H,2,4,8-12,15H2,(H,26,27). The molecule has 1 N–H and O–H groups in total. The molecule has 0 spiro atoms. The molecule has 29 heavy (non-hydrogen) atoms. The molecule has 5 nitrogen and oxygen atoms in total. The predicted molar refractivity (Wildman–Crippen MR) is 117 cm³/mol. The van der Waals surface area contributed by atoms with Crippen LogP contribution in [0.25, 0.3) is 0 Å². The van der Waals surface area contributed by atoms with Crippen LogP contribution in [0.5, 0.6) is 0 Å². The van der Waals surface area contributed by atoms with E-state index >= 15 is 0 Å². The summed E-state index contributed by atoms with van der Waals surface area (Å²) in [7, 11) is -1.26. The lowest BCUT2D eigenvalue weighted by Crippen LogP contribution is -2.47. The third-order valence-corrected chi connectivity index (χ3v) is 7.18. The van der Waals surface area contributed by atoms with Gasteiger partial charge < -0.3 is 10.0 Å². The molecule has 2 aromatic rings. The normalized spacial score (nSPS) is 16.6. The zero-order chi connectivity index (χ0) is 20.8. The third-order valence-electron chi connectivity index (χ3n) is 4.95. The second kappa shape index (κ2) is 10.5. The molecule has 0 radical (unpaired) electrons. The molecule has 0 aliphatic carbocycles. The first-order valence-corrected chi connectivity index (χ1v) is 11.4. The highest BCUT2D eigenvalue weighted by molar-refractivity contribution is 7.82. The van der Waals surface area contributed by atoms with Crippen LogP contribution in [0.15, 0.2) is 47.4 Å². The van der Waals surface area contributed by atoms with Gasteiger partial charge in [0, 0.05) is 26.2 Å².